The molecular formula is C13H13N3O4. The van der Waals surface area contributed by atoms with Crippen LogP contribution in [0.25, 0.3) is 0 Å². The van der Waals surface area contributed by atoms with E-state index in [4.69, 9.17) is 9.84 Å². The predicted molar refractivity (Wildman–Crippen MR) is 71.1 cm³/mol. The Balaban J connectivity index is 2.33. The Morgan fingerprint density at radius 2 is 2.05 bits per heavy atom. The number of carbonyl (C=O) groups excluding carboxylic acids is 1. The smallest absolute Gasteiger partial charge is 0.339 e. The molecule has 0 fully saturated rings. The number of carboxylic acids is 1. The molecule has 104 valence electrons. The molecule has 1 amide bonds. The van der Waals surface area contributed by atoms with Crippen molar-refractivity contribution in [3.63, 3.8) is 0 Å². The number of ether oxygens (including phenoxy) is 1. The van der Waals surface area contributed by atoms with Crippen LogP contribution in [-0.2, 0) is 7.05 Å². The van der Waals surface area contributed by atoms with Crippen LogP contribution in [0, 0.1) is 0 Å². The molecule has 2 N–H and O–H groups in total. The number of aromatic carboxylic acids is 1. The fraction of sp³-hybridized carbons (Fsp3) is 0.154. The minimum atomic E-state index is -1.21. The van der Waals surface area contributed by atoms with E-state index in [0.29, 0.717) is 11.4 Å². The summed E-state index contributed by atoms with van der Waals surface area (Å²) in [4.78, 5) is 23.3. The molecule has 0 bridgehead atoms. The molecule has 0 saturated heterocycles. The fourth-order valence-corrected chi connectivity index (χ4v) is 1.79. The molecule has 0 atom stereocenters. The van der Waals surface area contributed by atoms with Crippen LogP contribution >= 0.6 is 0 Å². The van der Waals surface area contributed by atoms with E-state index in [2.05, 4.69) is 10.4 Å². The maximum absolute atomic E-state index is 12.2. The molecule has 0 aliphatic rings. The number of benzene rings is 1. The summed E-state index contributed by atoms with van der Waals surface area (Å²) in [5.74, 6) is -1.28. The van der Waals surface area contributed by atoms with Gasteiger partial charge in [0.05, 0.1) is 19.0 Å². The van der Waals surface area contributed by atoms with Crippen molar-refractivity contribution >= 4 is 17.6 Å². The SMILES string of the molecule is COc1ccccc1NC(=O)c1c(C(=O)O)cnn1C. The highest BCUT2D eigenvalue weighted by Crippen LogP contribution is 2.24. The molecule has 2 rings (SSSR count). The highest BCUT2D eigenvalue weighted by atomic mass is 16.5. The van der Waals surface area contributed by atoms with Crippen molar-refractivity contribution in [2.24, 2.45) is 7.05 Å². The fourth-order valence-electron chi connectivity index (χ4n) is 1.79. The van der Waals surface area contributed by atoms with Crippen LogP contribution in [0.3, 0.4) is 0 Å². The second-order valence-corrected chi connectivity index (χ2v) is 3.99. The van der Waals surface area contributed by atoms with Gasteiger partial charge in [0.2, 0.25) is 0 Å². The summed E-state index contributed by atoms with van der Waals surface area (Å²) in [5.41, 5.74) is 0.279. The number of nitrogens with zero attached hydrogens (tertiary/aromatic N) is 2. The molecule has 1 aromatic carbocycles. The Bertz CT molecular complexity index is 663. The number of anilines is 1. The van der Waals surface area contributed by atoms with Crippen molar-refractivity contribution in [2.75, 3.05) is 12.4 Å². The number of carbonyl (C=O) groups is 2. The van der Waals surface area contributed by atoms with Gasteiger partial charge in [-0.25, -0.2) is 4.79 Å². The van der Waals surface area contributed by atoms with Gasteiger partial charge in [-0.2, -0.15) is 5.10 Å². The number of rotatable bonds is 4. The Labute approximate surface area is 114 Å². The quantitative estimate of drug-likeness (QED) is 0.879. The van der Waals surface area contributed by atoms with Crippen LogP contribution in [0.2, 0.25) is 0 Å². The van der Waals surface area contributed by atoms with Gasteiger partial charge in [0.15, 0.2) is 0 Å². The topological polar surface area (TPSA) is 93.4 Å². The summed E-state index contributed by atoms with van der Waals surface area (Å²) in [6, 6.07) is 6.85. The third kappa shape index (κ3) is 2.46. The van der Waals surface area contributed by atoms with Gasteiger partial charge in [-0.1, -0.05) is 12.1 Å². The van der Waals surface area contributed by atoms with Crippen molar-refractivity contribution in [1.29, 1.82) is 0 Å². The zero-order valence-corrected chi connectivity index (χ0v) is 11.0. The number of carboxylic acid groups (broad SMARTS) is 1. The Morgan fingerprint density at radius 3 is 2.70 bits per heavy atom. The van der Waals surface area contributed by atoms with Gasteiger partial charge in [0.25, 0.3) is 5.91 Å². The standard InChI is InChI=1S/C13H13N3O4/c1-16-11(8(7-14-16)13(18)19)12(17)15-9-5-3-4-6-10(9)20-2/h3-7H,1-2H3,(H,15,17)(H,18,19). The Kier molecular flexibility index (Phi) is 3.69. The third-order valence-corrected chi connectivity index (χ3v) is 2.74. The van der Waals surface area contributed by atoms with Gasteiger partial charge in [0.1, 0.15) is 17.0 Å². The van der Waals surface area contributed by atoms with Gasteiger partial charge < -0.3 is 15.2 Å². The van der Waals surface area contributed by atoms with Crippen molar-refractivity contribution in [3.8, 4) is 5.75 Å². The normalized spacial score (nSPS) is 10.1. The average Bonchev–Trinajstić information content (AvgIpc) is 2.81. The van der Waals surface area contributed by atoms with Crippen molar-refractivity contribution < 1.29 is 19.4 Å². The summed E-state index contributed by atoms with van der Waals surface area (Å²) in [6.07, 6.45) is 1.14. The minimum absolute atomic E-state index is 0.0246. The summed E-state index contributed by atoms with van der Waals surface area (Å²) in [7, 11) is 2.99. The first kappa shape index (κ1) is 13.6. The van der Waals surface area contributed by atoms with Gasteiger partial charge in [-0.05, 0) is 12.1 Å². The lowest BCUT2D eigenvalue weighted by molar-refractivity contribution is 0.0692. The van der Waals surface area contributed by atoms with Gasteiger partial charge >= 0.3 is 5.97 Å². The number of aryl methyl sites for hydroxylation is 1. The number of methoxy groups -OCH3 is 1. The van der Waals surface area contributed by atoms with Crippen LogP contribution < -0.4 is 10.1 Å². The first-order valence-electron chi connectivity index (χ1n) is 5.74. The molecular weight excluding hydrogens is 262 g/mol. The minimum Gasteiger partial charge on any atom is -0.495 e. The first-order chi connectivity index (χ1) is 9.54. The lowest BCUT2D eigenvalue weighted by atomic mass is 10.2. The molecule has 0 radical (unpaired) electrons. The Morgan fingerprint density at radius 1 is 1.35 bits per heavy atom. The van der Waals surface area contributed by atoms with E-state index < -0.39 is 11.9 Å². The zero-order chi connectivity index (χ0) is 14.7. The summed E-state index contributed by atoms with van der Waals surface area (Å²) in [5, 5.41) is 15.4. The van der Waals surface area contributed by atoms with Crippen LogP contribution in [0.5, 0.6) is 5.75 Å². The Hall–Kier alpha value is -2.83. The number of amides is 1. The molecule has 0 aliphatic heterocycles. The second-order valence-electron chi connectivity index (χ2n) is 3.99. The molecule has 0 aliphatic carbocycles. The summed E-state index contributed by atoms with van der Waals surface area (Å²) >= 11 is 0. The molecule has 1 aromatic heterocycles. The van der Waals surface area contributed by atoms with Crippen molar-refractivity contribution in [3.05, 3.63) is 41.7 Å². The van der Waals surface area contributed by atoms with E-state index in [1.807, 2.05) is 0 Å². The summed E-state index contributed by atoms with van der Waals surface area (Å²) in [6.45, 7) is 0. The van der Waals surface area contributed by atoms with E-state index >= 15 is 0 Å². The van der Waals surface area contributed by atoms with Gasteiger partial charge in [-0.15, -0.1) is 0 Å². The summed E-state index contributed by atoms with van der Waals surface area (Å²) < 4.78 is 6.33. The van der Waals surface area contributed by atoms with Crippen LogP contribution in [0.15, 0.2) is 30.5 Å². The van der Waals surface area contributed by atoms with Crippen LogP contribution in [-0.4, -0.2) is 33.9 Å². The highest BCUT2D eigenvalue weighted by Gasteiger charge is 2.22. The lowest BCUT2D eigenvalue weighted by Gasteiger charge is -2.10. The van der Waals surface area contributed by atoms with Crippen molar-refractivity contribution in [1.82, 2.24) is 9.78 Å². The molecule has 0 saturated carbocycles. The monoisotopic (exact) mass is 275 g/mol. The number of nitrogens with one attached hydrogen (secondary N) is 1. The molecule has 0 spiro atoms. The average molecular weight is 275 g/mol. The largest absolute Gasteiger partial charge is 0.495 e. The number of aromatic nitrogens is 2. The van der Waals surface area contributed by atoms with Gasteiger partial charge in [-0.3, -0.25) is 9.48 Å². The molecule has 7 heteroatoms. The van der Waals surface area contributed by atoms with E-state index in [0.717, 1.165) is 6.20 Å². The zero-order valence-electron chi connectivity index (χ0n) is 11.0. The molecule has 7 nitrogen and oxygen atoms in total. The van der Waals surface area contributed by atoms with Crippen molar-refractivity contribution in [2.45, 2.75) is 0 Å². The highest BCUT2D eigenvalue weighted by molar-refractivity contribution is 6.09. The molecule has 20 heavy (non-hydrogen) atoms. The van der Waals surface area contributed by atoms with Crippen LogP contribution in [0.1, 0.15) is 20.8 Å². The van der Waals surface area contributed by atoms with E-state index in [1.165, 1.54) is 18.8 Å². The third-order valence-electron chi connectivity index (χ3n) is 2.74. The molecule has 1 heterocycles. The maximum atomic E-state index is 12.2. The van der Waals surface area contributed by atoms with E-state index in [-0.39, 0.29) is 11.3 Å². The predicted octanol–water partition coefficient (Wildman–Crippen LogP) is 1.38. The molecule has 0 unspecified atom stereocenters. The van der Waals surface area contributed by atoms with Gasteiger partial charge in [0, 0.05) is 7.05 Å². The van der Waals surface area contributed by atoms with E-state index in [1.54, 1.807) is 24.3 Å². The number of para-hydroxylation sites is 2. The number of hydrogen-bond donors (Lipinski definition) is 2. The second kappa shape index (κ2) is 5.43. The first-order valence-corrected chi connectivity index (χ1v) is 5.74. The van der Waals surface area contributed by atoms with Crippen LogP contribution in [0.4, 0.5) is 5.69 Å². The maximum Gasteiger partial charge on any atom is 0.339 e. The molecule has 2 aromatic rings. The lowest BCUT2D eigenvalue weighted by Crippen LogP contribution is -2.19. The number of hydrogen-bond acceptors (Lipinski definition) is 4. The van der Waals surface area contributed by atoms with E-state index in [9.17, 15) is 9.59 Å².